The second-order valence-electron chi connectivity index (χ2n) is 6.45. The molecule has 0 unspecified atom stereocenters. The van der Waals surface area contributed by atoms with Crippen molar-refractivity contribution < 1.29 is 14.3 Å². The summed E-state index contributed by atoms with van der Waals surface area (Å²) < 4.78 is 11.5. The fourth-order valence-corrected chi connectivity index (χ4v) is 2.91. The van der Waals surface area contributed by atoms with Crippen LogP contribution in [0.4, 0.5) is 0 Å². The minimum absolute atomic E-state index is 0. The van der Waals surface area contributed by atoms with Crippen molar-refractivity contribution in [2.45, 2.75) is 6.61 Å². The average molecular weight is 406 g/mol. The number of nitrogens with zero attached hydrogens (tertiary/aromatic N) is 1. The third-order valence-corrected chi connectivity index (χ3v) is 4.40. The van der Waals surface area contributed by atoms with Crippen molar-refractivity contribution in [3.63, 3.8) is 0 Å². The fourth-order valence-electron chi connectivity index (χ4n) is 2.91. The smallest absolute Gasteiger partial charge is 0.257 e. The topological polar surface area (TPSA) is 62.8 Å². The van der Waals surface area contributed by atoms with Crippen molar-refractivity contribution in [2.24, 2.45) is 0 Å². The van der Waals surface area contributed by atoms with Crippen molar-refractivity contribution >= 4 is 18.3 Å². The van der Waals surface area contributed by atoms with E-state index in [1.54, 1.807) is 0 Å². The Kier molecular flexibility index (Phi) is 9.62. The Bertz CT molecular complexity index is 709. The second kappa shape index (κ2) is 12.2. The van der Waals surface area contributed by atoms with Crippen LogP contribution < -0.4 is 20.1 Å². The number of halogens is 1. The van der Waals surface area contributed by atoms with E-state index in [-0.39, 0.29) is 24.9 Å². The van der Waals surface area contributed by atoms with Crippen molar-refractivity contribution in [1.29, 1.82) is 0 Å². The lowest BCUT2D eigenvalue weighted by atomic mass is 10.2. The highest BCUT2D eigenvalue weighted by Gasteiger charge is 2.11. The van der Waals surface area contributed by atoms with E-state index in [2.05, 4.69) is 15.5 Å². The number of piperazine rings is 1. The molecule has 1 aliphatic rings. The predicted molar refractivity (Wildman–Crippen MR) is 112 cm³/mol. The molecule has 1 saturated heterocycles. The molecule has 0 saturated carbocycles. The molecule has 2 aromatic carbocycles. The van der Waals surface area contributed by atoms with Gasteiger partial charge in [0.2, 0.25) is 0 Å². The molecule has 0 radical (unpaired) electrons. The Hall–Kier alpha value is -2.28. The number of carbonyl (C=O) groups is 1. The van der Waals surface area contributed by atoms with Gasteiger partial charge in [0.15, 0.2) is 18.1 Å². The molecule has 152 valence electrons. The van der Waals surface area contributed by atoms with Gasteiger partial charge in [0.25, 0.3) is 5.91 Å². The first-order valence-electron chi connectivity index (χ1n) is 9.39. The van der Waals surface area contributed by atoms with E-state index in [1.165, 1.54) is 0 Å². The molecule has 0 aliphatic carbocycles. The first-order valence-corrected chi connectivity index (χ1v) is 9.39. The van der Waals surface area contributed by atoms with Crippen LogP contribution in [-0.4, -0.2) is 56.7 Å². The summed E-state index contributed by atoms with van der Waals surface area (Å²) in [7, 11) is 0. The summed E-state index contributed by atoms with van der Waals surface area (Å²) in [6, 6.07) is 17.4. The summed E-state index contributed by atoms with van der Waals surface area (Å²) in [6.07, 6.45) is 0. The molecule has 1 fully saturated rings. The Labute approximate surface area is 172 Å². The molecular weight excluding hydrogens is 378 g/mol. The van der Waals surface area contributed by atoms with Crippen molar-refractivity contribution in [1.82, 2.24) is 15.5 Å². The summed E-state index contributed by atoms with van der Waals surface area (Å²) >= 11 is 0. The van der Waals surface area contributed by atoms with Gasteiger partial charge in [-0.05, 0) is 17.7 Å². The number of ether oxygens (including phenoxy) is 2. The molecule has 0 spiro atoms. The lowest BCUT2D eigenvalue weighted by Crippen LogP contribution is -2.46. The number of amides is 1. The van der Waals surface area contributed by atoms with Gasteiger partial charge in [0.05, 0.1) is 0 Å². The predicted octanol–water partition coefficient (Wildman–Crippen LogP) is 2.09. The molecule has 0 atom stereocenters. The van der Waals surface area contributed by atoms with Gasteiger partial charge in [-0.25, -0.2) is 0 Å². The highest BCUT2D eigenvalue weighted by Crippen LogP contribution is 2.27. The van der Waals surface area contributed by atoms with Gasteiger partial charge in [-0.1, -0.05) is 42.5 Å². The number of rotatable bonds is 9. The van der Waals surface area contributed by atoms with Crippen LogP contribution in [0.3, 0.4) is 0 Å². The molecular formula is C21H28ClN3O3. The Balaban J connectivity index is 0.00000280. The van der Waals surface area contributed by atoms with Gasteiger partial charge < -0.3 is 20.1 Å². The zero-order valence-corrected chi connectivity index (χ0v) is 16.7. The number of hydrogen-bond donors (Lipinski definition) is 2. The molecule has 1 aliphatic heterocycles. The van der Waals surface area contributed by atoms with E-state index < -0.39 is 0 Å². The van der Waals surface area contributed by atoms with Crippen molar-refractivity contribution in [3.05, 3.63) is 60.2 Å². The van der Waals surface area contributed by atoms with Crippen LogP contribution in [0, 0.1) is 0 Å². The van der Waals surface area contributed by atoms with Gasteiger partial charge in [-0.2, -0.15) is 0 Å². The maximum absolute atomic E-state index is 12.0. The average Bonchev–Trinajstić information content (AvgIpc) is 2.73. The normalized spacial score (nSPS) is 14.0. The molecule has 0 aromatic heterocycles. The van der Waals surface area contributed by atoms with Crippen molar-refractivity contribution in [2.75, 3.05) is 45.9 Å². The number of carbonyl (C=O) groups excluding carboxylic acids is 1. The summed E-state index contributed by atoms with van der Waals surface area (Å²) in [5.74, 6) is 1.09. The summed E-state index contributed by atoms with van der Waals surface area (Å²) in [4.78, 5) is 14.4. The largest absolute Gasteiger partial charge is 0.485 e. The first kappa shape index (κ1) is 22.0. The quantitative estimate of drug-likeness (QED) is 0.669. The van der Waals surface area contributed by atoms with Gasteiger partial charge >= 0.3 is 0 Å². The van der Waals surface area contributed by atoms with Crippen LogP contribution >= 0.6 is 12.4 Å². The first-order chi connectivity index (χ1) is 13.3. The van der Waals surface area contributed by atoms with Crippen LogP contribution in [0.15, 0.2) is 54.6 Å². The molecule has 28 heavy (non-hydrogen) atoms. The van der Waals surface area contributed by atoms with E-state index in [0.717, 1.165) is 38.3 Å². The molecule has 1 amide bonds. The standard InChI is InChI=1S/C21H27N3O3.ClH/c25-21(23-12-15-24-13-10-22-11-14-24)17-27-20-9-5-4-8-19(20)26-16-18-6-2-1-3-7-18;/h1-9,22H,10-17H2,(H,23,25);1H. The van der Waals surface area contributed by atoms with Gasteiger partial charge in [0.1, 0.15) is 6.61 Å². The number of nitrogens with one attached hydrogen (secondary N) is 2. The van der Waals surface area contributed by atoms with Crippen molar-refractivity contribution in [3.8, 4) is 11.5 Å². The third kappa shape index (κ3) is 7.38. The van der Waals surface area contributed by atoms with Crippen LogP contribution in [-0.2, 0) is 11.4 Å². The summed E-state index contributed by atoms with van der Waals surface area (Å²) in [5, 5.41) is 6.23. The molecule has 1 heterocycles. The Morgan fingerprint density at radius 3 is 2.32 bits per heavy atom. The second-order valence-corrected chi connectivity index (χ2v) is 6.45. The monoisotopic (exact) mass is 405 g/mol. The Morgan fingerprint density at radius 2 is 1.61 bits per heavy atom. The van der Waals surface area contributed by atoms with Crippen LogP contribution in [0.25, 0.3) is 0 Å². The van der Waals surface area contributed by atoms with Gasteiger partial charge in [0, 0.05) is 39.3 Å². The summed E-state index contributed by atoms with van der Waals surface area (Å²) in [6.45, 7) is 6.01. The molecule has 3 rings (SSSR count). The van der Waals surface area contributed by atoms with Gasteiger partial charge in [-0.15, -0.1) is 12.4 Å². The fraction of sp³-hybridized carbons (Fsp3) is 0.381. The molecule has 0 bridgehead atoms. The number of hydrogen-bond acceptors (Lipinski definition) is 5. The summed E-state index contributed by atoms with van der Waals surface area (Å²) in [5.41, 5.74) is 1.08. The minimum Gasteiger partial charge on any atom is -0.485 e. The lowest BCUT2D eigenvalue weighted by Gasteiger charge is -2.27. The van der Waals surface area contributed by atoms with Crippen LogP contribution in [0.1, 0.15) is 5.56 Å². The van der Waals surface area contributed by atoms with E-state index in [1.807, 2.05) is 54.6 Å². The maximum atomic E-state index is 12.0. The van der Waals surface area contributed by atoms with Crippen LogP contribution in [0.2, 0.25) is 0 Å². The zero-order valence-electron chi connectivity index (χ0n) is 15.9. The van der Waals surface area contributed by atoms with E-state index in [0.29, 0.717) is 24.7 Å². The number of para-hydroxylation sites is 2. The van der Waals surface area contributed by atoms with E-state index in [4.69, 9.17) is 9.47 Å². The minimum atomic E-state index is -0.122. The highest BCUT2D eigenvalue weighted by atomic mass is 35.5. The Morgan fingerprint density at radius 1 is 0.964 bits per heavy atom. The highest BCUT2D eigenvalue weighted by molar-refractivity contribution is 5.85. The molecule has 2 aromatic rings. The van der Waals surface area contributed by atoms with E-state index in [9.17, 15) is 4.79 Å². The van der Waals surface area contributed by atoms with E-state index >= 15 is 0 Å². The molecule has 7 heteroatoms. The third-order valence-electron chi connectivity index (χ3n) is 4.40. The number of benzene rings is 2. The molecule has 2 N–H and O–H groups in total. The zero-order chi connectivity index (χ0) is 18.7. The van der Waals surface area contributed by atoms with Crippen LogP contribution in [0.5, 0.6) is 11.5 Å². The van der Waals surface area contributed by atoms with Gasteiger partial charge in [-0.3, -0.25) is 9.69 Å². The lowest BCUT2D eigenvalue weighted by molar-refractivity contribution is -0.123. The SMILES string of the molecule is Cl.O=C(COc1ccccc1OCc1ccccc1)NCCN1CCNCC1. The maximum Gasteiger partial charge on any atom is 0.257 e. The molecule has 6 nitrogen and oxygen atoms in total.